The van der Waals surface area contributed by atoms with Crippen molar-refractivity contribution in [2.45, 2.75) is 32.7 Å². The van der Waals surface area contributed by atoms with Crippen LogP contribution in [0, 0.1) is 0 Å². The van der Waals surface area contributed by atoms with E-state index in [1.54, 1.807) is 11.8 Å². The molecule has 130 valence electrons. The van der Waals surface area contributed by atoms with Gasteiger partial charge in [-0.05, 0) is 19.8 Å². The normalized spacial score (nSPS) is 15.0. The zero-order valence-corrected chi connectivity index (χ0v) is 13.5. The standard InChI is InChI=1S/C14H24N4O5/c1-3-23-14(22)17-7-4-11(5-8-17)16-12(20)13(21)18(9-6-15)10(2)19/h11H,3-9,15H2,1-2H3,(H,16,20). The number of hydrogen-bond acceptors (Lipinski definition) is 6. The van der Waals surface area contributed by atoms with Gasteiger partial charge in [0.25, 0.3) is 0 Å². The fraction of sp³-hybridized carbons (Fsp3) is 0.714. The molecule has 1 saturated heterocycles. The number of imide groups is 1. The first-order chi connectivity index (χ1) is 10.9. The Morgan fingerprint density at radius 3 is 2.35 bits per heavy atom. The fourth-order valence-electron chi connectivity index (χ4n) is 2.32. The monoisotopic (exact) mass is 328 g/mol. The van der Waals surface area contributed by atoms with E-state index in [0.29, 0.717) is 32.5 Å². The van der Waals surface area contributed by atoms with Crippen molar-refractivity contribution in [3.8, 4) is 0 Å². The maximum atomic E-state index is 12.0. The van der Waals surface area contributed by atoms with Crippen LogP contribution in [0.2, 0.25) is 0 Å². The Bertz CT molecular complexity index is 460. The molecule has 4 amide bonds. The average Bonchev–Trinajstić information content (AvgIpc) is 2.52. The Hall–Kier alpha value is -2.16. The molecule has 0 saturated carbocycles. The second kappa shape index (κ2) is 9.09. The van der Waals surface area contributed by atoms with Crippen LogP contribution in [0.15, 0.2) is 0 Å². The molecule has 1 aliphatic rings. The third kappa shape index (κ3) is 5.51. The number of hydrogen-bond donors (Lipinski definition) is 2. The van der Waals surface area contributed by atoms with Crippen LogP contribution in [-0.2, 0) is 19.1 Å². The maximum Gasteiger partial charge on any atom is 0.409 e. The van der Waals surface area contributed by atoms with Crippen molar-refractivity contribution in [1.82, 2.24) is 15.1 Å². The lowest BCUT2D eigenvalue weighted by molar-refractivity contribution is -0.152. The van der Waals surface area contributed by atoms with Crippen LogP contribution in [-0.4, -0.2) is 72.4 Å². The molecule has 0 aliphatic carbocycles. The number of piperidine rings is 1. The van der Waals surface area contributed by atoms with Gasteiger partial charge in [-0.25, -0.2) is 4.79 Å². The largest absolute Gasteiger partial charge is 0.450 e. The van der Waals surface area contributed by atoms with Crippen molar-refractivity contribution in [1.29, 1.82) is 0 Å². The molecule has 0 aromatic rings. The van der Waals surface area contributed by atoms with E-state index in [0.717, 1.165) is 4.90 Å². The summed E-state index contributed by atoms with van der Waals surface area (Å²) in [6.45, 7) is 4.23. The van der Waals surface area contributed by atoms with Crippen molar-refractivity contribution in [2.24, 2.45) is 5.73 Å². The van der Waals surface area contributed by atoms with Gasteiger partial charge in [-0.1, -0.05) is 0 Å². The van der Waals surface area contributed by atoms with Gasteiger partial charge in [0.1, 0.15) is 0 Å². The van der Waals surface area contributed by atoms with Gasteiger partial charge in [-0.2, -0.15) is 0 Å². The Labute approximate surface area is 135 Å². The number of nitrogens with zero attached hydrogens (tertiary/aromatic N) is 2. The summed E-state index contributed by atoms with van der Waals surface area (Å²) in [5.41, 5.74) is 5.33. The summed E-state index contributed by atoms with van der Waals surface area (Å²) in [6.07, 6.45) is 0.669. The summed E-state index contributed by atoms with van der Waals surface area (Å²) in [6, 6.07) is -0.219. The Morgan fingerprint density at radius 1 is 1.26 bits per heavy atom. The van der Waals surface area contributed by atoms with Crippen LogP contribution in [0.5, 0.6) is 0 Å². The minimum Gasteiger partial charge on any atom is -0.450 e. The van der Waals surface area contributed by atoms with E-state index in [4.69, 9.17) is 10.5 Å². The highest BCUT2D eigenvalue weighted by Gasteiger charge is 2.29. The highest BCUT2D eigenvalue weighted by Crippen LogP contribution is 2.11. The van der Waals surface area contributed by atoms with E-state index >= 15 is 0 Å². The number of rotatable bonds is 4. The number of ether oxygens (including phenoxy) is 1. The molecule has 1 fully saturated rings. The predicted octanol–water partition coefficient (Wildman–Crippen LogP) is -0.943. The molecule has 9 heteroatoms. The van der Waals surface area contributed by atoms with Gasteiger partial charge >= 0.3 is 17.9 Å². The highest BCUT2D eigenvalue weighted by atomic mass is 16.6. The number of nitrogens with two attached hydrogens (primary N) is 1. The van der Waals surface area contributed by atoms with Crippen molar-refractivity contribution in [3.63, 3.8) is 0 Å². The number of carbonyl (C=O) groups is 4. The first-order valence-electron chi connectivity index (χ1n) is 7.65. The molecular formula is C14H24N4O5. The average molecular weight is 328 g/mol. The van der Waals surface area contributed by atoms with Crippen molar-refractivity contribution >= 4 is 23.8 Å². The Kier molecular flexibility index (Phi) is 7.46. The third-order valence-corrected chi connectivity index (χ3v) is 3.53. The SMILES string of the molecule is CCOC(=O)N1CCC(NC(=O)C(=O)N(CCN)C(C)=O)CC1. The van der Waals surface area contributed by atoms with Gasteiger partial charge in [-0.15, -0.1) is 0 Å². The molecule has 0 aromatic heterocycles. The van der Waals surface area contributed by atoms with E-state index in [9.17, 15) is 19.2 Å². The molecule has 1 heterocycles. The van der Waals surface area contributed by atoms with Gasteiger partial charge < -0.3 is 20.7 Å². The summed E-state index contributed by atoms with van der Waals surface area (Å²) >= 11 is 0. The van der Waals surface area contributed by atoms with Gasteiger partial charge in [0, 0.05) is 39.1 Å². The van der Waals surface area contributed by atoms with E-state index < -0.39 is 17.7 Å². The van der Waals surface area contributed by atoms with Gasteiger partial charge in [0.2, 0.25) is 5.91 Å². The second-order valence-corrected chi connectivity index (χ2v) is 5.20. The van der Waals surface area contributed by atoms with Gasteiger partial charge in [0.05, 0.1) is 6.61 Å². The minimum absolute atomic E-state index is 0.00287. The molecule has 9 nitrogen and oxygen atoms in total. The number of nitrogens with one attached hydrogen (secondary N) is 1. The molecule has 0 radical (unpaired) electrons. The lowest BCUT2D eigenvalue weighted by Crippen LogP contribution is -2.52. The Balaban J connectivity index is 2.48. The van der Waals surface area contributed by atoms with Crippen LogP contribution in [0.3, 0.4) is 0 Å². The molecule has 0 atom stereocenters. The van der Waals surface area contributed by atoms with Crippen LogP contribution < -0.4 is 11.1 Å². The van der Waals surface area contributed by atoms with Crippen LogP contribution in [0.25, 0.3) is 0 Å². The minimum atomic E-state index is -0.907. The van der Waals surface area contributed by atoms with Crippen molar-refractivity contribution in [2.75, 3.05) is 32.8 Å². The molecule has 0 aromatic carbocycles. The van der Waals surface area contributed by atoms with Crippen molar-refractivity contribution in [3.05, 3.63) is 0 Å². The lowest BCUT2D eigenvalue weighted by Gasteiger charge is -2.31. The second-order valence-electron chi connectivity index (χ2n) is 5.20. The zero-order chi connectivity index (χ0) is 17.4. The molecule has 0 spiro atoms. The molecule has 0 bridgehead atoms. The summed E-state index contributed by atoms with van der Waals surface area (Å²) in [4.78, 5) is 49.2. The summed E-state index contributed by atoms with van der Waals surface area (Å²) in [7, 11) is 0. The first-order valence-corrected chi connectivity index (χ1v) is 7.65. The first kappa shape index (κ1) is 18.9. The van der Waals surface area contributed by atoms with Crippen LogP contribution in [0.1, 0.15) is 26.7 Å². The summed E-state index contributed by atoms with van der Waals surface area (Å²) in [5.74, 6) is -2.26. The third-order valence-electron chi connectivity index (χ3n) is 3.53. The van der Waals surface area contributed by atoms with Gasteiger partial charge in [-0.3, -0.25) is 19.3 Å². The number of amides is 4. The topological polar surface area (TPSA) is 122 Å². The number of carbonyl (C=O) groups excluding carboxylic acids is 4. The molecule has 1 rings (SSSR count). The van der Waals surface area contributed by atoms with Crippen LogP contribution >= 0.6 is 0 Å². The lowest BCUT2D eigenvalue weighted by atomic mass is 10.1. The smallest absolute Gasteiger partial charge is 0.409 e. The van der Waals surface area contributed by atoms with Crippen molar-refractivity contribution < 1.29 is 23.9 Å². The highest BCUT2D eigenvalue weighted by molar-refractivity contribution is 6.37. The Morgan fingerprint density at radius 2 is 1.87 bits per heavy atom. The molecule has 23 heavy (non-hydrogen) atoms. The van der Waals surface area contributed by atoms with Gasteiger partial charge in [0.15, 0.2) is 0 Å². The quantitative estimate of drug-likeness (QED) is 0.642. The summed E-state index contributed by atoms with van der Waals surface area (Å²) < 4.78 is 4.91. The zero-order valence-electron chi connectivity index (χ0n) is 13.5. The maximum absolute atomic E-state index is 12.0. The van der Waals surface area contributed by atoms with E-state index in [2.05, 4.69) is 5.32 Å². The number of likely N-dealkylation sites (tertiary alicyclic amines) is 1. The predicted molar refractivity (Wildman–Crippen MR) is 81.2 cm³/mol. The molecular weight excluding hydrogens is 304 g/mol. The summed E-state index contributed by atoms with van der Waals surface area (Å²) in [5, 5.41) is 2.60. The van der Waals surface area contributed by atoms with E-state index in [-0.39, 0.29) is 25.2 Å². The van der Waals surface area contributed by atoms with Crippen LogP contribution in [0.4, 0.5) is 4.79 Å². The van der Waals surface area contributed by atoms with E-state index in [1.807, 2.05) is 0 Å². The fourth-order valence-corrected chi connectivity index (χ4v) is 2.32. The van der Waals surface area contributed by atoms with E-state index in [1.165, 1.54) is 6.92 Å². The molecule has 0 unspecified atom stereocenters. The molecule has 1 aliphatic heterocycles. The molecule has 3 N–H and O–H groups in total.